The van der Waals surface area contributed by atoms with Gasteiger partial charge in [0.05, 0.1) is 27.6 Å². The summed E-state index contributed by atoms with van der Waals surface area (Å²) >= 11 is 0. The van der Waals surface area contributed by atoms with Crippen LogP contribution in [0, 0.1) is 0 Å². The fourth-order valence-corrected chi connectivity index (χ4v) is 5.39. The number of hydrogen-bond donors (Lipinski definition) is 0. The monoisotopic (exact) mass is 435 g/mol. The van der Waals surface area contributed by atoms with Gasteiger partial charge in [-0.1, -0.05) is 30.3 Å². The maximum atomic E-state index is 5.05. The zero-order chi connectivity index (χ0) is 22.2. The van der Waals surface area contributed by atoms with Crippen LogP contribution >= 0.6 is 0 Å². The highest BCUT2D eigenvalue weighted by atomic mass is 15.1. The summed E-state index contributed by atoms with van der Waals surface area (Å²) in [5.74, 6) is 0.931. The highest BCUT2D eigenvalue weighted by molar-refractivity contribution is 6.22. The van der Waals surface area contributed by atoms with E-state index < -0.39 is 0 Å². The third kappa shape index (κ3) is 2.20. The van der Waals surface area contributed by atoms with Gasteiger partial charge in [0.2, 0.25) is 0 Å². The van der Waals surface area contributed by atoms with Crippen molar-refractivity contribution in [1.29, 1.82) is 0 Å². The van der Waals surface area contributed by atoms with Crippen molar-refractivity contribution >= 4 is 49.1 Å². The van der Waals surface area contributed by atoms with Gasteiger partial charge in [-0.25, -0.2) is 4.98 Å². The molecule has 3 aromatic carbocycles. The summed E-state index contributed by atoms with van der Waals surface area (Å²) in [4.78, 5) is 14.0. The summed E-state index contributed by atoms with van der Waals surface area (Å²) in [5.41, 5.74) is 7.77. The number of benzene rings is 3. The molecular weight excluding hydrogens is 418 g/mol. The molecule has 158 valence electrons. The number of aromatic nitrogens is 5. The molecular formula is C29H17N5. The van der Waals surface area contributed by atoms with E-state index in [1.54, 1.807) is 0 Å². The summed E-state index contributed by atoms with van der Waals surface area (Å²) in [5, 5.41) is 4.59. The van der Waals surface area contributed by atoms with Gasteiger partial charge in [0.15, 0.2) is 0 Å². The molecule has 0 N–H and O–H groups in total. The summed E-state index contributed by atoms with van der Waals surface area (Å²) in [6.07, 6.45) is 7.70. The van der Waals surface area contributed by atoms with Crippen molar-refractivity contribution in [3.05, 3.63) is 104 Å². The summed E-state index contributed by atoms with van der Waals surface area (Å²) in [6, 6.07) is 27.5. The highest BCUT2D eigenvalue weighted by Crippen LogP contribution is 2.39. The Labute approximate surface area is 193 Å². The van der Waals surface area contributed by atoms with E-state index in [2.05, 4.69) is 85.7 Å². The van der Waals surface area contributed by atoms with Crippen molar-refractivity contribution in [1.82, 2.24) is 23.9 Å². The Morgan fingerprint density at radius 1 is 0.588 bits per heavy atom. The van der Waals surface area contributed by atoms with Crippen LogP contribution in [0.25, 0.3) is 66.2 Å². The van der Waals surface area contributed by atoms with E-state index in [1.165, 1.54) is 16.4 Å². The van der Waals surface area contributed by atoms with Gasteiger partial charge < -0.3 is 4.40 Å². The molecule has 0 amide bonds. The third-order valence-electron chi connectivity index (χ3n) is 6.83. The Balaban J connectivity index is 1.48. The summed E-state index contributed by atoms with van der Waals surface area (Å²) in [7, 11) is 0. The lowest BCUT2D eigenvalue weighted by Gasteiger charge is -2.10. The molecule has 0 aliphatic carbocycles. The van der Waals surface area contributed by atoms with Gasteiger partial charge >= 0.3 is 0 Å². The first-order valence-corrected chi connectivity index (χ1v) is 11.3. The number of rotatable bonds is 2. The summed E-state index contributed by atoms with van der Waals surface area (Å²) < 4.78 is 4.58. The molecule has 5 nitrogen and oxygen atoms in total. The van der Waals surface area contributed by atoms with Crippen molar-refractivity contribution in [2.45, 2.75) is 0 Å². The van der Waals surface area contributed by atoms with Gasteiger partial charge in [0.1, 0.15) is 5.82 Å². The normalized spacial score (nSPS) is 12.1. The van der Waals surface area contributed by atoms with E-state index in [9.17, 15) is 0 Å². The van der Waals surface area contributed by atoms with Gasteiger partial charge in [0, 0.05) is 57.6 Å². The molecule has 34 heavy (non-hydrogen) atoms. The van der Waals surface area contributed by atoms with Gasteiger partial charge in [0.25, 0.3) is 0 Å². The lowest BCUT2D eigenvalue weighted by atomic mass is 10.1. The number of nitrogens with zero attached hydrogens (tertiary/aromatic N) is 5. The van der Waals surface area contributed by atoms with Crippen LogP contribution in [0.15, 0.2) is 104 Å². The molecule has 0 fully saturated rings. The third-order valence-corrected chi connectivity index (χ3v) is 6.83. The van der Waals surface area contributed by atoms with Crippen molar-refractivity contribution in [2.24, 2.45) is 0 Å². The Morgan fingerprint density at radius 2 is 1.35 bits per heavy atom. The average molecular weight is 435 g/mol. The van der Waals surface area contributed by atoms with Crippen LogP contribution in [-0.2, 0) is 0 Å². The number of imidazole rings is 1. The Bertz CT molecular complexity index is 2010. The van der Waals surface area contributed by atoms with E-state index in [0.29, 0.717) is 0 Å². The Kier molecular flexibility index (Phi) is 3.34. The van der Waals surface area contributed by atoms with Crippen LogP contribution < -0.4 is 0 Å². The first-order chi connectivity index (χ1) is 16.9. The summed E-state index contributed by atoms with van der Waals surface area (Å²) in [6.45, 7) is 0. The van der Waals surface area contributed by atoms with Crippen LogP contribution in [0.1, 0.15) is 0 Å². The molecule has 0 aliphatic rings. The molecule has 0 unspecified atom stereocenters. The van der Waals surface area contributed by atoms with Crippen LogP contribution in [-0.4, -0.2) is 23.9 Å². The lowest BCUT2D eigenvalue weighted by molar-refractivity contribution is 1.10. The molecule has 8 rings (SSSR count). The van der Waals surface area contributed by atoms with E-state index in [4.69, 9.17) is 4.98 Å². The maximum absolute atomic E-state index is 5.05. The maximum Gasteiger partial charge on any atom is 0.145 e. The van der Waals surface area contributed by atoms with Gasteiger partial charge in [-0.3, -0.25) is 14.5 Å². The quantitative estimate of drug-likeness (QED) is 0.306. The molecule has 5 heteroatoms. The Hall–Kier alpha value is -4.77. The second-order valence-corrected chi connectivity index (χ2v) is 8.64. The van der Waals surface area contributed by atoms with Gasteiger partial charge in [-0.05, 0) is 48.5 Å². The van der Waals surface area contributed by atoms with E-state index >= 15 is 0 Å². The standard InChI is InChI=1S/C29H17N5/c1-2-6-19(7-3-1)33-27-9-5-4-8-24(27)32-29(33)18-10-11-25-20(14-18)22-16-31-17-23-21-15-30-13-12-26(21)34(25)28(22)23/h1-17H. The minimum Gasteiger partial charge on any atom is -0.308 e. The van der Waals surface area contributed by atoms with Crippen LogP contribution in [0.5, 0.6) is 0 Å². The van der Waals surface area contributed by atoms with Crippen LogP contribution in [0.3, 0.4) is 0 Å². The molecule has 0 radical (unpaired) electrons. The molecule has 0 spiro atoms. The first kappa shape index (κ1) is 17.7. The number of pyridine rings is 2. The second-order valence-electron chi connectivity index (χ2n) is 8.64. The molecule has 5 heterocycles. The molecule has 0 saturated heterocycles. The predicted octanol–water partition coefficient (Wildman–Crippen LogP) is 6.63. The SMILES string of the molecule is c1ccc(-n2c(-c3ccc4c(c3)c3cncc5c6cnccc6n4c53)nc3ccccc32)cc1. The molecule has 0 atom stereocenters. The molecule has 0 bridgehead atoms. The second kappa shape index (κ2) is 6.39. The lowest BCUT2D eigenvalue weighted by Crippen LogP contribution is -1.97. The largest absolute Gasteiger partial charge is 0.308 e. The van der Waals surface area contributed by atoms with Crippen molar-refractivity contribution < 1.29 is 0 Å². The van der Waals surface area contributed by atoms with Crippen molar-refractivity contribution in [2.75, 3.05) is 0 Å². The molecule has 0 saturated carbocycles. The van der Waals surface area contributed by atoms with Gasteiger partial charge in [-0.15, -0.1) is 0 Å². The predicted molar refractivity (Wildman–Crippen MR) is 137 cm³/mol. The molecule has 5 aromatic heterocycles. The Morgan fingerprint density at radius 3 is 2.26 bits per heavy atom. The smallest absolute Gasteiger partial charge is 0.145 e. The van der Waals surface area contributed by atoms with Gasteiger partial charge in [-0.2, -0.15) is 0 Å². The van der Waals surface area contributed by atoms with E-state index in [1.807, 2.05) is 36.9 Å². The zero-order valence-corrected chi connectivity index (χ0v) is 18.1. The first-order valence-electron chi connectivity index (χ1n) is 11.3. The fraction of sp³-hybridized carbons (Fsp3) is 0. The van der Waals surface area contributed by atoms with Crippen LogP contribution in [0.2, 0.25) is 0 Å². The van der Waals surface area contributed by atoms with Crippen molar-refractivity contribution in [3.63, 3.8) is 0 Å². The number of para-hydroxylation sites is 3. The fourth-order valence-electron chi connectivity index (χ4n) is 5.39. The minimum absolute atomic E-state index is 0.931. The molecule has 8 aromatic rings. The zero-order valence-electron chi connectivity index (χ0n) is 18.1. The number of fused-ring (bicyclic) bond motifs is 7. The highest BCUT2D eigenvalue weighted by Gasteiger charge is 2.20. The topological polar surface area (TPSA) is 48.0 Å². The van der Waals surface area contributed by atoms with E-state index in [-0.39, 0.29) is 0 Å². The van der Waals surface area contributed by atoms with E-state index in [0.717, 1.165) is 49.8 Å². The average Bonchev–Trinajstić information content (AvgIpc) is 3.56. The minimum atomic E-state index is 0.931. The molecule has 0 aliphatic heterocycles. The van der Waals surface area contributed by atoms with Crippen molar-refractivity contribution in [3.8, 4) is 17.1 Å². The van der Waals surface area contributed by atoms with Crippen LogP contribution in [0.4, 0.5) is 0 Å². The number of hydrogen-bond acceptors (Lipinski definition) is 3.